The maximum atomic E-state index is 12.3. The van der Waals surface area contributed by atoms with Crippen LogP contribution in [0.25, 0.3) is 0 Å². The third-order valence-electron chi connectivity index (χ3n) is 3.70. The molecular formula is C15H21NO4. The number of ether oxygens (including phenoxy) is 2. The van der Waals surface area contributed by atoms with Crippen molar-refractivity contribution in [3.8, 4) is 11.5 Å². The first-order valence-corrected chi connectivity index (χ1v) is 7.01. The Balaban J connectivity index is 2.51. The first-order valence-electron chi connectivity index (χ1n) is 7.01. The number of amides is 1. The Kier molecular flexibility index (Phi) is 4.18. The summed E-state index contributed by atoms with van der Waals surface area (Å²) in [6.45, 7) is 6.11. The molecule has 1 aromatic rings. The van der Waals surface area contributed by atoms with E-state index in [0.29, 0.717) is 42.2 Å². The van der Waals surface area contributed by atoms with Gasteiger partial charge >= 0.3 is 0 Å². The molecule has 0 aromatic heterocycles. The van der Waals surface area contributed by atoms with Crippen LogP contribution >= 0.6 is 0 Å². The van der Waals surface area contributed by atoms with E-state index in [1.165, 1.54) is 0 Å². The van der Waals surface area contributed by atoms with Gasteiger partial charge < -0.3 is 19.9 Å². The number of hydrogen-bond donors (Lipinski definition) is 2. The Morgan fingerprint density at radius 1 is 1.30 bits per heavy atom. The minimum atomic E-state index is -0.848. The number of aliphatic hydroxyl groups is 1. The maximum Gasteiger partial charge on any atom is 0.268 e. The van der Waals surface area contributed by atoms with E-state index in [2.05, 4.69) is 5.32 Å². The predicted molar refractivity (Wildman–Crippen MR) is 76.1 cm³/mol. The van der Waals surface area contributed by atoms with E-state index in [4.69, 9.17) is 9.47 Å². The van der Waals surface area contributed by atoms with Gasteiger partial charge in [-0.15, -0.1) is 0 Å². The fraction of sp³-hybridized carbons (Fsp3) is 0.533. The van der Waals surface area contributed by atoms with Gasteiger partial charge in [0.05, 0.1) is 18.9 Å². The highest BCUT2D eigenvalue weighted by atomic mass is 16.5. The first kappa shape index (κ1) is 14.7. The Morgan fingerprint density at radius 2 is 2.00 bits per heavy atom. The van der Waals surface area contributed by atoms with Crippen LogP contribution in [0.5, 0.6) is 11.5 Å². The Morgan fingerprint density at radius 3 is 2.55 bits per heavy atom. The molecule has 0 unspecified atom stereocenters. The summed E-state index contributed by atoms with van der Waals surface area (Å²) in [5, 5.41) is 12.2. The summed E-state index contributed by atoms with van der Waals surface area (Å²) < 4.78 is 11.6. The molecular weight excluding hydrogens is 258 g/mol. The molecule has 0 saturated heterocycles. The van der Waals surface area contributed by atoms with Gasteiger partial charge in [0.1, 0.15) is 0 Å². The molecule has 5 heteroatoms. The van der Waals surface area contributed by atoms with Crippen LogP contribution in [0.15, 0.2) is 12.1 Å². The van der Waals surface area contributed by atoms with Crippen molar-refractivity contribution in [3.05, 3.63) is 17.7 Å². The van der Waals surface area contributed by atoms with Crippen LogP contribution in [-0.4, -0.2) is 23.2 Å². The van der Waals surface area contributed by atoms with E-state index >= 15 is 0 Å². The quantitative estimate of drug-likeness (QED) is 0.869. The van der Waals surface area contributed by atoms with Gasteiger partial charge in [-0.05, 0) is 37.5 Å². The average molecular weight is 279 g/mol. The summed E-state index contributed by atoms with van der Waals surface area (Å²) in [7, 11) is 0. The van der Waals surface area contributed by atoms with E-state index in [0.717, 1.165) is 0 Å². The highest BCUT2D eigenvalue weighted by Crippen LogP contribution is 2.44. The lowest BCUT2D eigenvalue weighted by atomic mass is 9.93. The summed E-state index contributed by atoms with van der Waals surface area (Å²) in [6.07, 6.45) is 1.17. The van der Waals surface area contributed by atoms with Crippen molar-refractivity contribution < 1.29 is 19.4 Å². The SMILES string of the molecule is CCOc1cc(CO)cc2c1OC(CC)(CC)C(=O)N2. The van der Waals surface area contributed by atoms with Crippen molar-refractivity contribution in [2.45, 2.75) is 45.8 Å². The van der Waals surface area contributed by atoms with Crippen LogP contribution in [0.2, 0.25) is 0 Å². The molecule has 5 nitrogen and oxygen atoms in total. The molecule has 1 aliphatic rings. The van der Waals surface area contributed by atoms with Crippen LogP contribution in [-0.2, 0) is 11.4 Å². The van der Waals surface area contributed by atoms with Crippen LogP contribution in [0.1, 0.15) is 39.2 Å². The van der Waals surface area contributed by atoms with E-state index < -0.39 is 5.60 Å². The van der Waals surface area contributed by atoms with Gasteiger partial charge in [-0.1, -0.05) is 13.8 Å². The molecule has 0 spiro atoms. The van der Waals surface area contributed by atoms with Crippen molar-refractivity contribution in [2.75, 3.05) is 11.9 Å². The van der Waals surface area contributed by atoms with E-state index in [1.54, 1.807) is 12.1 Å². The molecule has 1 aromatic carbocycles. The summed E-state index contributed by atoms with van der Waals surface area (Å²) in [5.74, 6) is 0.959. The van der Waals surface area contributed by atoms with Crippen molar-refractivity contribution >= 4 is 11.6 Å². The average Bonchev–Trinajstić information content (AvgIpc) is 2.47. The molecule has 0 fully saturated rings. The largest absolute Gasteiger partial charge is 0.490 e. The normalized spacial score (nSPS) is 16.1. The van der Waals surface area contributed by atoms with Gasteiger partial charge in [0.15, 0.2) is 17.1 Å². The summed E-state index contributed by atoms with van der Waals surface area (Å²) in [4.78, 5) is 12.3. The monoisotopic (exact) mass is 279 g/mol. The lowest BCUT2D eigenvalue weighted by Gasteiger charge is -2.37. The zero-order valence-electron chi connectivity index (χ0n) is 12.2. The van der Waals surface area contributed by atoms with Crippen molar-refractivity contribution in [3.63, 3.8) is 0 Å². The summed E-state index contributed by atoms with van der Waals surface area (Å²) in [6, 6.07) is 3.46. The Labute approximate surface area is 118 Å². The van der Waals surface area contributed by atoms with Crippen molar-refractivity contribution in [1.82, 2.24) is 0 Å². The molecule has 0 atom stereocenters. The number of carbonyl (C=O) groups is 1. The van der Waals surface area contributed by atoms with Gasteiger partial charge in [0, 0.05) is 0 Å². The molecule has 2 rings (SSSR count). The topological polar surface area (TPSA) is 67.8 Å². The summed E-state index contributed by atoms with van der Waals surface area (Å²) in [5.41, 5.74) is 0.388. The maximum absolute atomic E-state index is 12.3. The van der Waals surface area contributed by atoms with Crippen LogP contribution in [0.4, 0.5) is 5.69 Å². The molecule has 2 N–H and O–H groups in total. The fourth-order valence-electron chi connectivity index (χ4n) is 2.40. The minimum absolute atomic E-state index is 0.115. The number of carbonyl (C=O) groups excluding carboxylic acids is 1. The number of rotatable bonds is 5. The number of hydrogen-bond acceptors (Lipinski definition) is 4. The smallest absolute Gasteiger partial charge is 0.268 e. The molecule has 20 heavy (non-hydrogen) atoms. The molecule has 0 saturated carbocycles. The van der Waals surface area contributed by atoms with Crippen LogP contribution < -0.4 is 14.8 Å². The second-order valence-corrected chi connectivity index (χ2v) is 4.82. The third-order valence-corrected chi connectivity index (χ3v) is 3.70. The molecule has 0 radical (unpaired) electrons. The standard InChI is InChI=1S/C15H21NO4/c1-4-15(5-2)14(18)16-11-7-10(9-17)8-12(19-6-3)13(11)20-15/h7-8,17H,4-6,9H2,1-3H3,(H,16,18). The zero-order valence-corrected chi connectivity index (χ0v) is 12.2. The van der Waals surface area contributed by atoms with Gasteiger partial charge in [0.2, 0.25) is 0 Å². The van der Waals surface area contributed by atoms with Gasteiger partial charge in [-0.2, -0.15) is 0 Å². The number of nitrogens with one attached hydrogen (secondary N) is 1. The molecule has 1 aliphatic heterocycles. The van der Waals surface area contributed by atoms with Gasteiger partial charge in [0.25, 0.3) is 5.91 Å². The highest BCUT2D eigenvalue weighted by Gasteiger charge is 2.42. The lowest BCUT2D eigenvalue weighted by molar-refractivity contribution is -0.133. The third kappa shape index (κ3) is 2.33. The summed E-state index contributed by atoms with van der Waals surface area (Å²) >= 11 is 0. The molecule has 110 valence electrons. The van der Waals surface area contributed by atoms with E-state index in [1.807, 2.05) is 20.8 Å². The first-order chi connectivity index (χ1) is 9.60. The highest BCUT2D eigenvalue weighted by molar-refractivity contribution is 6.01. The Hall–Kier alpha value is -1.75. The molecule has 0 aliphatic carbocycles. The van der Waals surface area contributed by atoms with Crippen molar-refractivity contribution in [2.24, 2.45) is 0 Å². The second kappa shape index (κ2) is 5.71. The zero-order chi connectivity index (χ0) is 14.8. The van der Waals surface area contributed by atoms with Crippen LogP contribution in [0.3, 0.4) is 0 Å². The van der Waals surface area contributed by atoms with Gasteiger partial charge in [-0.3, -0.25) is 4.79 Å². The minimum Gasteiger partial charge on any atom is -0.490 e. The molecule has 1 heterocycles. The predicted octanol–water partition coefficient (Wildman–Crippen LogP) is 2.47. The number of aliphatic hydroxyl groups excluding tert-OH is 1. The molecule has 0 bridgehead atoms. The number of benzene rings is 1. The molecule has 1 amide bonds. The van der Waals surface area contributed by atoms with E-state index in [-0.39, 0.29) is 12.5 Å². The van der Waals surface area contributed by atoms with Gasteiger partial charge in [-0.25, -0.2) is 0 Å². The fourth-order valence-corrected chi connectivity index (χ4v) is 2.40. The number of fused-ring (bicyclic) bond motifs is 1. The van der Waals surface area contributed by atoms with Crippen molar-refractivity contribution in [1.29, 1.82) is 0 Å². The van der Waals surface area contributed by atoms with Crippen LogP contribution in [0, 0.1) is 0 Å². The lowest BCUT2D eigenvalue weighted by Crippen LogP contribution is -2.50. The van der Waals surface area contributed by atoms with E-state index in [9.17, 15) is 9.90 Å². The number of anilines is 1. The Bertz CT molecular complexity index is 509. The second-order valence-electron chi connectivity index (χ2n) is 4.82.